The fourth-order valence-electron chi connectivity index (χ4n) is 2.81. The summed E-state index contributed by atoms with van der Waals surface area (Å²) in [5.74, 6) is -2.63. The van der Waals surface area contributed by atoms with Crippen LogP contribution >= 0.6 is 0 Å². The molecule has 1 N–H and O–H groups in total. The van der Waals surface area contributed by atoms with Crippen molar-refractivity contribution in [2.45, 2.75) is 4.90 Å². The van der Waals surface area contributed by atoms with Crippen molar-refractivity contribution in [1.29, 1.82) is 0 Å². The Morgan fingerprint density at radius 1 is 0.929 bits per heavy atom. The largest absolute Gasteiger partial charge is 0.480 e. The third-order valence-electron chi connectivity index (χ3n) is 4.31. The number of hydrogen-bond donors (Lipinski definition) is 1. The molecule has 0 saturated carbocycles. The number of halogens is 1. The Bertz CT molecular complexity index is 1090. The van der Waals surface area contributed by atoms with Crippen LogP contribution in [-0.4, -0.2) is 32.3 Å². The number of nitrogens with zero attached hydrogens (tertiary/aromatic N) is 1. The van der Waals surface area contributed by atoms with Gasteiger partial charge in [0, 0.05) is 18.4 Å². The van der Waals surface area contributed by atoms with Crippen molar-refractivity contribution in [1.82, 2.24) is 0 Å². The predicted molar refractivity (Wildman–Crippen MR) is 106 cm³/mol. The maximum absolute atomic E-state index is 13.1. The first kappa shape index (κ1) is 19.6. The van der Waals surface area contributed by atoms with Gasteiger partial charge < -0.3 is 10.0 Å². The Balaban J connectivity index is 1.86. The number of sulfone groups is 1. The van der Waals surface area contributed by atoms with E-state index in [9.17, 15) is 17.6 Å². The van der Waals surface area contributed by atoms with Gasteiger partial charge in [0.05, 0.1) is 4.90 Å². The minimum absolute atomic E-state index is 0.0351. The van der Waals surface area contributed by atoms with E-state index in [1.54, 1.807) is 24.3 Å². The van der Waals surface area contributed by atoms with Crippen molar-refractivity contribution < 1.29 is 22.7 Å². The van der Waals surface area contributed by atoms with Crippen molar-refractivity contribution in [3.63, 3.8) is 0 Å². The van der Waals surface area contributed by atoms with Crippen LogP contribution in [0.3, 0.4) is 0 Å². The zero-order valence-electron chi connectivity index (χ0n) is 15.0. The number of carbonyl (C=O) groups is 1. The monoisotopic (exact) mass is 399 g/mol. The highest BCUT2D eigenvalue weighted by Crippen LogP contribution is 2.29. The first-order chi connectivity index (χ1) is 13.3. The van der Waals surface area contributed by atoms with E-state index in [4.69, 9.17) is 5.11 Å². The average Bonchev–Trinajstić information content (AvgIpc) is 2.67. The average molecular weight is 399 g/mol. The molecule has 28 heavy (non-hydrogen) atoms. The molecular weight excluding hydrogens is 381 g/mol. The summed E-state index contributed by atoms with van der Waals surface area (Å²) in [5, 5.41) is 8.73. The lowest BCUT2D eigenvalue weighted by Gasteiger charge is -2.20. The lowest BCUT2D eigenvalue weighted by Crippen LogP contribution is -2.15. The van der Waals surface area contributed by atoms with E-state index >= 15 is 0 Å². The van der Waals surface area contributed by atoms with Crippen LogP contribution in [0.15, 0.2) is 77.7 Å². The van der Waals surface area contributed by atoms with Gasteiger partial charge in [0.25, 0.3) is 0 Å². The van der Waals surface area contributed by atoms with Crippen LogP contribution in [0.5, 0.6) is 0 Å². The van der Waals surface area contributed by atoms with Crippen molar-refractivity contribution >= 4 is 27.2 Å². The van der Waals surface area contributed by atoms with Gasteiger partial charge >= 0.3 is 5.97 Å². The summed E-state index contributed by atoms with van der Waals surface area (Å²) in [6.45, 7) is 0. The lowest BCUT2D eigenvalue weighted by atomic mass is 10.0. The molecule has 0 aromatic heterocycles. The molecule has 3 aromatic carbocycles. The number of hydrogen-bond acceptors (Lipinski definition) is 4. The molecule has 0 atom stereocenters. The Labute approximate surface area is 162 Å². The van der Waals surface area contributed by atoms with Crippen LogP contribution < -0.4 is 4.90 Å². The number of carboxylic acid groups (broad SMARTS) is 1. The molecule has 0 spiro atoms. The van der Waals surface area contributed by atoms with Crippen LogP contribution in [0.1, 0.15) is 0 Å². The van der Waals surface area contributed by atoms with Crippen molar-refractivity contribution in [2.75, 3.05) is 17.7 Å². The quantitative estimate of drug-likeness (QED) is 0.675. The highest BCUT2D eigenvalue weighted by molar-refractivity contribution is 7.92. The van der Waals surface area contributed by atoms with Gasteiger partial charge in [0.2, 0.25) is 0 Å². The molecule has 0 aliphatic heterocycles. The van der Waals surface area contributed by atoms with Crippen molar-refractivity contribution in [3.8, 4) is 11.1 Å². The summed E-state index contributed by atoms with van der Waals surface area (Å²) in [7, 11) is -2.02. The third kappa shape index (κ3) is 4.37. The summed E-state index contributed by atoms with van der Waals surface area (Å²) >= 11 is 0. The molecule has 7 heteroatoms. The number of anilines is 2. The summed E-state index contributed by atoms with van der Waals surface area (Å²) in [6, 6.07) is 19.9. The third-order valence-corrected chi connectivity index (χ3v) is 5.93. The second-order valence-electron chi connectivity index (χ2n) is 6.26. The van der Waals surface area contributed by atoms with E-state index in [0.717, 1.165) is 22.5 Å². The highest BCUT2D eigenvalue weighted by atomic mass is 32.2. The summed E-state index contributed by atoms with van der Waals surface area (Å²) in [4.78, 5) is 12.5. The smallest absolute Gasteiger partial charge is 0.319 e. The zero-order valence-corrected chi connectivity index (χ0v) is 15.9. The van der Waals surface area contributed by atoms with Crippen LogP contribution in [0, 0.1) is 5.82 Å². The molecule has 0 heterocycles. The normalized spacial score (nSPS) is 11.2. The van der Waals surface area contributed by atoms with Gasteiger partial charge in [0.1, 0.15) is 5.82 Å². The fourth-order valence-corrected chi connectivity index (χ4v) is 3.85. The molecule has 0 aliphatic carbocycles. The second-order valence-corrected chi connectivity index (χ2v) is 8.25. The molecule has 3 rings (SSSR count). The first-order valence-corrected chi connectivity index (χ1v) is 10.1. The van der Waals surface area contributed by atoms with E-state index in [1.165, 1.54) is 24.3 Å². The topological polar surface area (TPSA) is 74.7 Å². The van der Waals surface area contributed by atoms with Crippen molar-refractivity contribution in [3.05, 3.63) is 78.6 Å². The van der Waals surface area contributed by atoms with E-state index in [0.29, 0.717) is 0 Å². The Kier molecular flexibility index (Phi) is 5.46. The highest BCUT2D eigenvalue weighted by Gasteiger charge is 2.19. The number of rotatable bonds is 6. The van der Waals surface area contributed by atoms with E-state index < -0.39 is 21.6 Å². The van der Waals surface area contributed by atoms with Gasteiger partial charge in [-0.05, 0) is 59.7 Å². The summed E-state index contributed by atoms with van der Waals surface area (Å²) in [5.41, 5.74) is 3.41. The SMILES string of the molecule is CN(c1ccc(S(=O)(=O)CC(=O)O)cc1)c1cccc(-c2ccc(F)cc2)c1. The van der Waals surface area contributed by atoms with E-state index in [1.807, 2.05) is 36.2 Å². The summed E-state index contributed by atoms with van der Waals surface area (Å²) in [6.07, 6.45) is 0. The zero-order chi connectivity index (χ0) is 20.3. The summed E-state index contributed by atoms with van der Waals surface area (Å²) < 4.78 is 37.1. The van der Waals surface area contributed by atoms with Gasteiger partial charge in [-0.1, -0.05) is 24.3 Å². The molecule has 5 nitrogen and oxygen atoms in total. The molecule has 0 amide bonds. The molecule has 0 radical (unpaired) electrons. The standard InChI is InChI=1S/C21H18FNO4S/c1-23(18-9-11-20(12-10-18)28(26,27)14-21(24)25)19-4-2-3-16(13-19)15-5-7-17(22)8-6-15/h2-13H,14H2,1H3,(H,24,25). The number of benzene rings is 3. The minimum Gasteiger partial charge on any atom is -0.480 e. The molecule has 0 unspecified atom stereocenters. The van der Waals surface area contributed by atoms with Crippen LogP contribution in [0.25, 0.3) is 11.1 Å². The Hall–Kier alpha value is -3.19. The minimum atomic E-state index is -3.86. The lowest BCUT2D eigenvalue weighted by molar-refractivity contribution is -0.134. The maximum Gasteiger partial charge on any atom is 0.319 e. The predicted octanol–water partition coefficient (Wildman–Crippen LogP) is 4.12. The molecule has 0 bridgehead atoms. The van der Waals surface area contributed by atoms with E-state index in [-0.39, 0.29) is 10.7 Å². The molecular formula is C21H18FNO4S. The molecule has 0 aliphatic rings. The van der Waals surface area contributed by atoms with Gasteiger partial charge in [0.15, 0.2) is 15.6 Å². The Morgan fingerprint density at radius 2 is 1.57 bits per heavy atom. The number of carboxylic acids is 1. The molecule has 0 fully saturated rings. The van der Waals surface area contributed by atoms with Crippen LogP contribution in [0.4, 0.5) is 15.8 Å². The first-order valence-electron chi connectivity index (χ1n) is 8.40. The maximum atomic E-state index is 13.1. The van der Waals surface area contributed by atoms with Gasteiger partial charge in [-0.2, -0.15) is 0 Å². The van der Waals surface area contributed by atoms with Gasteiger partial charge in [-0.25, -0.2) is 12.8 Å². The fraction of sp³-hybridized carbons (Fsp3) is 0.0952. The molecule has 144 valence electrons. The van der Waals surface area contributed by atoms with Gasteiger partial charge in [-0.15, -0.1) is 0 Å². The Morgan fingerprint density at radius 3 is 2.18 bits per heavy atom. The molecule has 3 aromatic rings. The van der Waals surface area contributed by atoms with E-state index in [2.05, 4.69) is 0 Å². The number of aliphatic carboxylic acids is 1. The molecule has 0 saturated heterocycles. The van der Waals surface area contributed by atoms with Crippen LogP contribution in [0.2, 0.25) is 0 Å². The van der Waals surface area contributed by atoms with Gasteiger partial charge in [-0.3, -0.25) is 4.79 Å². The second kappa shape index (κ2) is 7.82. The van der Waals surface area contributed by atoms with Crippen LogP contribution in [-0.2, 0) is 14.6 Å². The van der Waals surface area contributed by atoms with Crippen molar-refractivity contribution in [2.24, 2.45) is 0 Å².